The van der Waals surface area contributed by atoms with Crippen molar-refractivity contribution in [3.8, 4) is 6.01 Å². The molecule has 0 radical (unpaired) electrons. The van der Waals surface area contributed by atoms with Gasteiger partial charge in [-0.2, -0.15) is 15.0 Å². The van der Waals surface area contributed by atoms with Gasteiger partial charge in [-0.1, -0.05) is 6.92 Å². The number of piperidine rings is 1. The van der Waals surface area contributed by atoms with Gasteiger partial charge in [0.15, 0.2) is 0 Å². The van der Waals surface area contributed by atoms with E-state index in [1.54, 1.807) is 0 Å². The molecule has 1 aromatic rings. The van der Waals surface area contributed by atoms with E-state index < -0.39 is 0 Å². The Bertz CT molecular complexity index is 427. The molecule has 0 amide bonds. The lowest BCUT2D eigenvalue weighted by Gasteiger charge is -2.32. The minimum atomic E-state index is 0.186. The van der Waals surface area contributed by atoms with Crippen LogP contribution in [-0.2, 0) is 0 Å². The lowest BCUT2D eigenvalue weighted by molar-refractivity contribution is 0.243. The van der Waals surface area contributed by atoms with Crippen LogP contribution in [0.3, 0.4) is 0 Å². The van der Waals surface area contributed by atoms with E-state index in [1.165, 1.54) is 0 Å². The average Bonchev–Trinajstić information content (AvgIpc) is 2.45. The molecule has 0 aromatic carbocycles. The average molecular weight is 281 g/mol. The van der Waals surface area contributed by atoms with Crippen molar-refractivity contribution in [2.24, 2.45) is 5.92 Å². The highest BCUT2D eigenvalue weighted by Crippen LogP contribution is 2.23. The highest BCUT2D eigenvalue weighted by Gasteiger charge is 2.22. The van der Waals surface area contributed by atoms with Crippen LogP contribution in [0.4, 0.5) is 11.9 Å². The number of aliphatic hydroxyl groups is 1. The zero-order chi connectivity index (χ0) is 14.4. The van der Waals surface area contributed by atoms with E-state index in [1.807, 2.05) is 6.92 Å². The van der Waals surface area contributed by atoms with Gasteiger partial charge in [-0.25, -0.2) is 0 Å². The van der Waals surface area contributed by atoms with E-state index in [4.69, 9.17) is 15.6 Å². The lowest BCUT2D eigenvalue weighted by Crippen LogP contribution is -2.37. The van der Waals surface area contributed by atoms with E-state index in [0.29, 0.717) is 24.5 Å². The number of nitrogens with zero attached hydrogens (tertiary/aromatic N) is 4. The second kappa shape index (κ2) is 7.23. The Morgan fingerprint density at radius 3 is 3.00 bits per heavy atom. The molecule has 1 aliphatic rings. The minimum absolute atomic E-state index is 0.186. The highest BCUT2D eigenvalue weighted by atomic mass is 16.5. The smallest absolute Gasteiger partial charge is 0.323 e. The topological polar surface area (TPSA) is 97.4 Å². The zero-order valence-electron chi connectivity index (χ0n) is 12.0. The van der Waals surface area contributed by atoms with E-state index in [9.17, 15) is 0 Å². The van der Waals surface area contributed by atoms with Crippen LogP contribution >= 0.6 is 0 Å². The van der Waals surface area contributed by atoms with Crippen molar-refractivity contribution in [2.75, 3.05) is 36.9 Å². The number of nitrogens with two attached hydrogens (primary N) is 1. The van der Waals surface area contributed by atoms with Crippen LogP contribution in [0, 0.1) is 5.92 Å². The van der Waals surface area contributed by atoms with Gasteiger partial charge in [0, 0.05) is 19.7 Å². The fourth-order valence-corrected chi connectivity index (χ4v) is 2.43. The van der Waals surface area contributed by atoms with Crippen LogP contribution in [-0.4, -0.2) is 46.4 Å². The normalized spacial score (nSPS) is 19.1. The quantitative estimate of drug-likeness (QED) is 0.797. The summed E-state index contributed by atoms with van der Waals surface area (Å²) in [6.07, 6.45) is 3.91. The van der Waals surface area contributed by atoms with Crippen LogP contribution in [0.25, 0.3) is 0 Å². The molecule has 7 nitrogen and oxygen atoms in total. The van der Waals surface area contributed by atoms with Crippen molar-refractivity contribution in [2.45, 2.75) is 32.6 Å². The van der Waals surface area contributed by atoms with Crippen LogP contribution in [0.5, 0.6) is 6.01 Å². The van der Waals surface area contributed by atoms with Gasteiger partial charge in [0.1, 0.15) is 0 Å². The van der Waals surface area contributed by atoms with Gasteiger partial charge in [0.2, 0.25) is 11.9 Å². The highest BCUT2D eigenvalue weighted by molar-refractivity contribution is 5.36. The van der Waals surface area contributed by atoms with Gasteiger partial charge >= 0.3 is 6.01 Å². The van der Waals surface area contributed by atoms with Crippen molar-refractivity contribution < 1.29 is 9.84 Å². The Kier molecular flexibility index (Phi) is 5.34. The van der Waals surface area contributed by atoms with Crippen molar-refractivity contribution in [1.82, 2.24) is 15.0 Å². The third-order valence-corrected chi connectivity index (χ3v) is 3.39. The molecule has 1 unspecified atom stereocenters. The van der Waals surface area contributed by atoms with Crippen LogP contribution in [0.15, 0.2) is 0 Å². The molecule has 1 atom stereocenters. The fraction of sp³-hybridized carbons (Fsp3) is 0.769. The summed E-state index contributed by atoms with van der Waals surface area (Å²) < 4.78 is 5.43. The van der Waals surface area contributed by atoms with Gasteiger partial charge in [0.25, 0.3) is 0 Å². The first-order valence-corrected chi connectivity index (χ1v) is 7.23. The largest absolute Gasteiger partial charge is 0.463 e. The number of anilines is 2. The number of hydrogen-bond donors (Lipinski definition) is 2. The number of nitrogen functional groups attached to an aromatic ring is 1. The molecule has 112 valence electrons. The maximum absolute atomic E-state index is 9.06. The SMILES string of the molecule is CCCOc1nc(N)nc(N2CCCC(CCO)C2)n1. The second-order valence-electron chi connectivity index (χ2n) is 5.09. The summed E-state index contributed by atoms with van der Waals surface area (Å²) in [5.41, 5.74) is 5.72. The molecule has 0 aliphatic carbocycles. The van der Waals surface area contributed by atoms with E-state index in [-0.39, 0.29) is 12.6 Å². The second-order valence-corrected chi connectivity index (χ2v) is 5.09. The molecule has 0 bridgehead atoms. The van der Waals surface area contributed by atoms with Crippen molar-refractivity contribution in [3.05, 3.63) is 0 Å². The maximum Gasteiger partial charge on any atom is 0.323 e. The van der Waals surface area contributed by atoms with Gasteiger partial charge < -0.3 is 20.5 Å². The van der Waals surface area contributed by atoms with Crippen LogP contribution in [0.1, 0.15) is 32.6 Å². The van der Waals surface area contributed by atoms with Gasteiger partial charge in [0.05, 0.1) is 6.61 Å². The number of rotatable bonds is 6. The Morgan fingerprint density at radius 2 is 2.25 bits per heavy atom. The molecule has 3 N–H and O–H groups in total. The van der Waals surface area contributed by atoms with Crippen molar-refractivity contribution in [3.63, 3.8) is 0 Å². The summed E-state index contributed by atoms with van der Waals surface area (Å²) in [6.45, 7) is 4.56. The summed E-state index contributed by atoms with van der Waals surface area (Å²) in [7, 11) is 0. The monoisotopic (exact) mass is 281 g/mol. The van der Waals surface area contributed by atoms with Gasteiger partial charge in [-0.05, 0) is 31.6 Å². The minimum Gasteiger partial charge on any atom is -0.463 e. The van der Waals surface area contributed by atoms with Crippen molar-refractivity contribution >= 4 is 11.9 Å². The number of aromatic nitrogens is 3. The third kappa shape index (κ3) is 3.93. The first kappa shape index (κ1) is 14.8. The summed E-state index contributed by atoms with van der Waals surface area (Å²) >= 11 is 0. The standard InChI is InChI=1S/C13H23N5O2/c1-2-8-20-13-16-11(14)15-12(17-13)18-6-3-4-10(9-18)5-7-19/h10,19H,2-9H2,1H3,(H2,14,15,16,17). The van der Waals surface area contributed by atoms with Crippen molar-refractivity contribution in [1.29, 1.82) is 0 Å². The Balaban J connectivity index is 2.08. The number of hydrogen-bond acceptors (Lipinski definition) is 7. The first-order valence-electron chi connectivity index (χ1n) is 7.23. The molecule has 1 saturated heterocycles. The van der Waals surface area contributed by atoms with E-state index in [0.717, 1.165) is 38.8 Å². The Hall–Kier alpha value is -1.63. The molecule has 1 aliphatic heterocycles. The summed E-state index contributed by atoms with van der Waals surface area (Å²) in [5, 5.41) is 9.06. The Morgan fingerprint density at radius 1 is 1.40 bits per heavy atom. The molecule has 20 heavy (non-hydrogen) atoms. The summed E-state index contributed by atoms with van der Waals surface area (Å²) in [5.74, 6) is 1.24. The maximum atomic E-state index is 9.06. The Labute approximate surface area is 119 Å². The molecular weight excluding hydrogens is 258 g/mol. The fourth-order valence-electron chi connectivity index (χ4n) is 2.43. The third-order valence-electron chi connectivity index (χ3n) is 3.39. The molecule has 2 heterocycles. The van der Waals surface area contributed by atoms with E-state index in [2.05, 4.69) is 19.9 Å². The molecule has 1 fully saturated rings. The number of aliphatic hydroxyl groups excluding tert-OH is 1. The van der Waals surface area contributed by atoms with Crippen LogP contribution in [0.2, 0.25) is 0 Å². The molecule has 7 heteroatoms. The van der Waals surface area contributed by atoms with Gasteiger partial charge in [-0.15, -0.1) is 0 Å². The molecule has 0 saturated carbocycles. The molecule has 2 rings (SSSR count). The summed E-state index contributed by atoms with van der Waals surface area (Å²) in [4.78, 5) is 14.6. The lowest BCUT2D eigenvalue weighted by atomic mass is 9.95. The molecule has 1 aromatic heterocycles. The predicted molar refractivity (Wildman–Crippen MR) is 76.7 cm³/mol. The zero-order valence-corrected chi connectivity index (χ0v) is 12.0. The first-order chi connectivity index (χ1) is 9.72. The summed E-state index contributed by atoms with van der Waals surface area (Å²) in [6, 6.07) is 0.290. The molecule has 0 spiro atoms. The number of ether oxygens (including phenoxy) is 1. The predicted octanol–water partition coefficient (Wildman–Crippen LogP) is 0.841. The van der Waals surface area contributed by atoms with Gasteiger partial charge in [-0.3, -0.25) is 0 Å². The van der Waals surface area contributed by atoms with Crippen LogP contribution < -0.4 is 15.4 Å². The van der Waals surface area contributed by atoms with E-state index >= 15 is 0 Å². The molecular formula is C13H23N5O2.